The molecule has 0 aliphatic carbocycles. The maximum Gasteiger partial charge on any atom is 0.224 e. The molecule has 0 aliphatic rings. The van der Waals surface area contributed by atoms with Crippen LogP contribution in [0, 0.1) is 0 Å². The molecule has 0 amide bonds. The Bertz CT molecular complexity index is 607. The second-order valence-electron chi connectivity index (χ2n) is 4.04. The van der Waals surface area contributed by atoms with Crippen LogP contribution in [0.4, 0.5) is 17.5 Å². The minimum atomic E-state index is 0.461. The summed E-state index contributed by atoms with van der Waals surface area (Å²) in [4.78, 5) is 8.58. The summed E-state index contributed by atoms with van der Waals surface area (Å²) < 4.78 is 0.746. The van der Waals surface area contributed by atoms with Gasteiger partial charge < -0.3 is 10.6 Å². The van der Waals surface area contributed by atoms with E-state index < -0.39 is 0 Å². The first-order valence-corrected chi connectivity index (χ1v) is 7.64. The fourth-order valence-corrected chi connectivity index (χ4v) is 2.14. The Morgan fingerprint density at radius 1 is 1.30 bits per heavy atom. The van der Waals surface area contributed by atoms with Crippen LogP contribution in [0.3, 0.4) is 0 Å². The van der Waals surface area contributed by atoms with Crippen LogP contribution in [0.5, 0.6) is 0 Å². The molecule has 20 heavy (non-hydrogen) atoms. The molecule has 0 atom stereocenters. The summed E-state index contributed by atoms with van der Waals surface area (Å²) in [5, 5.41) is 7.23. The van der Waals surface area contributed by atoms with Crippen molar-refractivity contribution in [3.63, 3.8) is 0 Å². The molecule has 0 unspecified atom stereocenters. The summed E-state index contributed by atoms with van der Waals surface area (Å²) in [6.45, 7) is 2.90. The molecule has 0 radical (unpaired) electrons. The number of aromatic nitrogens is 2. The highest BCUT2D eigenvalue weighted by molar-refractivity contribution is 9.10. The zero-order valence-electron chi connectivity index (χ0n) is 10.8. The number of hydrogen-bond acceptors (Lipinski definition) is 4. The van der Waals surface area contributed by atoms with Crippen molar-refractivity contribution in [3.8, 4) is 0 Å². The number of hydrogen-bond donors (Lipinski definition) is 2. The van der Waals surface area contributed by atoms with E-state index >= 15 is 0 Å². The lowest BCUT2D eigenvalue weighted by atomic mass is 10.3. The summed E-state index contributed by atoms with van der Waals surface area (Å²) in [6.07, 6.45) is 2.69. The Balaban J connectivity index is 2.26. The van der Waals surface area contributed by atoms with E-state index in [0.29, 0.717) is 27.5 Å². The monoisotopic (exact) mass is 374 g/mol. The van der Waals surface area contributed by atoms with Gasteiger partial charge >= 0.3 is 0 Å². The molecule has 0 saturated heterocycles. The number of nitrogens with one attached hydrogen (secondary N) is 2. The zero-order valence-corrected chi connectivity index (χ0v) is 13.8. The van der Waals surface area contributed by atoms with Crippen molar-refractivity contribution in [1.82, 2.24) is 9.97 Å². The highest BCUT2D eigenvalue weighted by Gasteiger charge is 2.09. The van der Waals surface area contributed by atoms with E-state index in [1.807, 2.05) is 12.1 Å². The lowest BCUT2D eigenvalue weighted by molar-refractivity contribution is 0.952. The minimum absolute atomic E-state index is 0.461. The van der Waals surface area contributed by atoms with Gasteiger partial charge in [-0.3, -0.25) is 0 Å². The first-order chi connectivity index (χ1) is 9.61. The van der Waals surface area contributed by atoms with Gasteiger partial charge in [0.15, 0.2) is 0 Å². The summed E-state index contributed by atoms with van der Waals surface area (Å²) >= 11 is 15.5. The first-order valence-electron chi connectivity index (χ1n) is 6.09. The third kappa shape index (κ3) is 3.75. The molecule has 2 rings (SSSR count). The molecule has 0 aliphatic heterocycles. The Hall–Kier alpha value is -1.04. The predicted molar refractivity (Wildman–Crippen MR) is 88.3 cm³/mol. The van der Waals surface area contributed by atoms with Crippen molar-refractivity contribution in [1.29, 1.82) is 0 Å². The van der Waals surface area contributed by atoms with Gasteiger partial charge in [-0.2, -0.15) is 4.98 Å². The molecule has 0 saturated carbocycles. The maximum atomic E-state index is 6.15. The van der Waals surface area contributed by atoms with Gasteiger partial charge in [0.25, 0.3) is 0 Å². The second-order valence-corrected chi connectivity index (χ2v) is 5.68. The van der Waals surface area contributed by atoms with Gasteiger partial charge in [-0.15, -0.1) is 0 Å². The molecule has 1 heterocycles. The smallest absolute Gasteiger partial charge is 0.224 e. The number of benzene rings is 1. The molecule has 2 aromatic rings. The number of halogens is 3. The topological polar surface area (TPSA) is 49.8 Å². The largest absolute Gasteiger partial charge is 0.354 e. The molecular weight excluding hydrogens is 363 g/mol. The molecule has 0 bridgehead atoms. The van der Waals surface area contributed by atoms with Crippen molar-refractivity contribution in [2.75, 3.05) is 17.2 Å². The average molecular weight is 376 g/mol. The van der Waals surface area contributed by atoms with E-state index in [-0.39, 0.29) is 0 Å². The average Bonchev–Trinajstić information content (AvgIpc) is 2.44. The Kier molecular flexibility index (Phi) is 5.46. The first kappa shape index (κ1) is 15.4. The van der Waals surface area contributed by atoms with Crippen molar-refractivity contribution >= 4 is 56.6 Å². The van der Waals surface area contributed by atoms with Crippen molar-refractivity contribution < 1.29 is 0 Å². The van der Waals surface area contributed by atoms with Crippen LogP contribution in [0.2, 0.25) is 10.0 Å². The van der Waals surface area contributed by atoms with Crippen molar-refractivity contribution in [2.45, 2.75) is 13.3 Å². The van der Waals surface area contributed by atoms with Crippen molar-refractivity contribution in [2.24, 2.45) is 0 Å². The van der Waals surface area contributed by atoms with E-state index in [9.17, 15) is 0 Å². The van der Waals surface area contributed by atoms with Gasteiger partial charge in [0.05, 0.1) is 20.2 Å². The van der Waals surface area contributed by atoms with Gasteiger partial charge in [-0.05, 0) is 34.5 Å². The third-order valence-electron chi connectivity index (χ3n) is 2.48. The van der Waals surface area contributed by atoms with E-state index in [1.165, 1.54) is 0 Å². The van der Waals surface area contributed by atoms with Crippen LogP contribution < -0.4 is 10.6 Å². The molecule has 1 aromatic heterocycles. The van der Waals surface area contributed by atoms with E-state index in [0.717, 1.165) is 17.4 Å². The summed E-state index contributed by atoms with van der Waals surface area (Å²) in [6, 6.07) is 5.39. The van der Waals surface area contributed by atoms with Gasteiger partial charge in [0.2, 0.25) is 5.95 Å². The van der Waals surface area contributed by atoms with E-state index in [2.05, 4.69) is 43.5 Å². The number of anilines is 3. The SMILES string of the molecule is CCCNc1ncc(Br)c(Nc2cccc(Cl)c2Cl)n1. The summed E-state index contributed by atoms with van der Waals surface area (Å²) in [5.74, 6) is 1.19. The molecule has 7 heteroatoms. The van der Waals surface area contributed by atoms with Crippen molar-refractivity contribution in [3.05, 3.63) is 38.9 Å². The van der Waals surface area contributed by atoms with E-state index in [1.54, 1.807) is 12.3 Å². The lowest BCUT2D eigenvalue weighted by Gasteiger charge is -2.11. The molecule has 1 aromatic carbocycles. The van der Waals surface area contributed by atoms with Gasteiger partial charge in [-0.1, -0.05) is 36.2 Å². The van der Waals surface area contributed by atoms with Gasteiger partial charge in [0, 0.05) is 12.7 Å². The van der Waals surface area contributed by atoms with E-state index in [4.69, 9.17) is 23.2 Å². The summed E-state index contributed by atoms with van der Waals surface area (Å²) in [5.41, 5.74) is 0.694. The standard InChI is InChI=1S/C13H13BrCl2N4/c1-2-6-17-13-18-7-8(14)12(20-13)19-10-5-3-4-9(15)11(10)16/h3-5,7H,2,6H2,1H3,(H2,17,18,19,20). The van der Waals surface area contributed by atoms with Crippen LogP contribution >= 0.6 is 39.1 Å². The highest BCUT2D eigenvalue weighted by Crippen LogP contribution is 2.33. The van der Waals surface area contributed by atoms with Crippen LogP contribution in [0.15, 0.2) is 28.9 Å². The summed E-state index contributed by atoms with van der Waals surface area (Å²) in [7, 11) is 0. The third-order valence-corrected chi connectivity index (χ3v) is 3.88. The van der Waals surface area contributed by atoms with Gasteiger partial charge in [0.1, 0.15) is 5.82 Å². The van der Waals surface area contributed by atoms with Crippen LogP contribution in [0.25, 0.3) is 0 Å². The second kappa shape index (κ2) is 7.11. The number of rotatable bonds is 5. The maximum absolute atomic E-state index is 6.15. The molecule has 106 valence electrons. The minimum Gasteiger partial charge on any atom is -0.354 e. The predicted octanol–water partition coefficient (Wildman–Crippen LogP) is 5.11. The fraction of sp³-hybridized carbons (Fsp3) is 0.231. The Morgan fingerprint density at radius 2 is 2.10 bits per heavy atom. The lowest BCUT2D eigenvalue weighted by Crippen LogP contribution is -2.06. The molecule has 2 N–H and O–H groups in total. The fourth-order valence-electron chi connectivity index (χ4n) is 1.50. The quantitative estimate of drug-likeness (QED) is 0.762. The van der Waals surface area contributed by atoms with Crippen LogP contribution in [-0.2, 0) is 0 Å². The normalized spacial score (nSPS) is 10.4. The molecule has 0 fully saturated rings. The van der Waals surface area contributed by atoms with Gasteiger partial charge in [-0.25, -0.2) is 4.98 Å². The zero-order chi connectivity index (χ0) is 14.5. The van der Waals surface area contributed by atoms with Crippen LogP contribution in [-0.4, -0.2) is 16.5 Å². The van der Waals surface area contributed by atoms with Crippen LogP contribution in [0.1, 0.15) is 13.3 Å². The molecule has 4 nitrogen and oxygen atoms in total. The Labute approximate surface area is 136 Å². The highest BCUT2D eigenvalue weighted by atomic mass is 79.9. The number of nitrogens with zero attached hydrogens (tertiary/aromatic N) is 2. The molecule has 0 spiro atoms. The Morgan fingerprint density at radius 3 is 2.85 bits per heavy atom. The molecular formula is C13H13BrCl2N4.